The van der Waals surface area contributed by atoms with Gasteiger partial charge in [-0.1, -0.05) is 6.07 Å². The molecule has 0 radical (unpaired) electrons. The van der Waals surface area contributed by atoms with Gasteiger partial charge in [-0.15, -0.1) is 22.7 Å². The van der Waals surface area contributed by atoms with E-state index < -0.39 is 0 Å². The number of aliphatic hydroxyl groups is 1. The monoisotopic (exact) mass is 254 g/mol. The fourth-order valence-corrected chi connectivity index (χ4v) is 2.79. The molecular formula is C10H10N2O2S2. The lowest BCUT2D eigenvalue weighted by Crippen LogP contribution is -2.25. The van der Waals surface area contributed by atoms with E-state index in [-0.39, 0.29) is 19.1 Å². The van der Waals surface area contributed by atoms with Gasteiger partial charge in [-0.25, -0.2) is 4.98 Å². The number of thiophene rings is 1. The topological polar surface area (TPSA) is 62.2 Å². The smallest absolute Gasteiger partial charge is 0.263 e. The van der Waals surface area contributed by atoms with Gasteiger partial charge in [0.2, 0.25) is 0 Å². The summed E-state index contributed by atoms with van der Waals surface area (Å²) < 4.78 is 0. The molecule has 84 valence electrons. The first-order valence-corrected chi connectivity index (χ1v) is 6.39. The number of hydrogen-bond donors (Lipinski definition) is 2. The zero-order valence-corrected chi connectivity index (χ0v) is 9.98. The number of aromatic nitrogens is 1. The molecule has 0 aliphatic heterocycles. The molecule has 0 atom stereocenters. The van der Waals surface area contributed by atoms with Gasteiger partial charge >= 0.3 is 0 Å². The van der Waals surface area contributed by atoms with Crippen molar-refractivity contribution >= 4 is 28.6 Å². The Morgan fingerprint density at radius 3 is 3.12 bits per heavy atom. The molecule has 0 fully saturated rings. The van der Waals surface area contributed by atoms with Gasteiger partial charge in [0.1, 0.15) is 9.88 Å². The van der Waals surface area contributed by atoms with Gasteiger partial charge in [0.25, 0.3) is 5.91 Å². The van der Waals surface area contributed by atoms with Crippen LogP contribution in [-0.4, -0.2) is 29.1 Å². The van der Waals surface area contributed by atoms with Crippen LogP contribution in [0.3, 0.4) is 0 Å². The van der Waals surface area contributed by atoms with Crippen LogP contribution < -0.4 is 5.32 Å². The van der Waals surface area contributed by atoms with Crippen molar-refractivity contribution in [2.45, 2.75) is 0 Å². The third-order valence-electron chi connectivity index (χ3n) is 1.86. The maximum Gasteiger partial charge on any atom is 0.263 e. The molecule has 0 aliphatic carbocycles. The molecular weight excluding hydrogens is 244 g/mol. The number of nitrogens with one attached hydrogen (secondary N) is 1. The molecule has 0 aliphatic rings. The predicted octanol–water partition coefficient (Wildman–Crippen LogP) is 1.59. The first-order chi connectivity index (χ1) is 7.81. The zero-order valence-electron chi connectivity index (χ0n) is 8.34. The van der Waals surface area contributed by atoms with Crippen molar-refractivity contribution < 1.29 is 9.90 Å². The number of thiazole rings is 1. The summed E-state index contributed by atoms with van der Waals surface area (Å²) in [5.41, 5.74) is 0. The van der Waals surface area contributed by atoms with Gasteiger partial charge in [0, 0.05) is 6.54 Å². The van der Waals surface area contributed by atoms with Crippen molar-refractivity contribution in [3.05, 3.63) is 28.6 Å². The minimum absolute atomic E-state index is 0.0532. The van der Waals surface area contributed by atoms with Gasteiger partial charge < -0.3 is 10.4 Å². The molecule has 0 aromatic carbocycles. The molecule has 0 saturated heterocycles. The van der Waals surface area contributed by atoms with Crippen molar-refractivity contribution in [1.82, 2.24) is 10.3 Å². The van der Waals surface area contributed by atoms with Crippen LogP contribution in [0.2, 0.25) is 0 Å². The van der Waals surface area contributed by atoms with E-state index in [1.807, 2.05) is 17.5 Å². The van der Waals surface area contributed by atoms with Crippen LogP contribution in [0.4, 0.5) is 0 Å². The largest absolute Gasteiger partial charge is 0.395 e. The zero-order chi connectivity index (χ0) is 11.4. The highest BCUT2D eigenvalue weighted by Gasteiger charge is 2.11. The number of carbonyl (C=O) groups is 1. The van der Waals surface area contributed by atoms with Crippen molar-refractivity contribution in [1.29, 1.82) is 0 Å². The standard InChI is InChI=1S/C10H10N2O2S2/c13-4-3-11-9(14)8-6-12-10(16-8)7-2-1-5-15-7/h1-2,5-6,13H,3-4H2,(H,11,14). The van der Waals surface area contributed by atoms with E-state index in [9.17, 15) is 4.79 Å². The molecule has 2 rings (SSSR count). The second-order valence-electron chi connectivity index (χ2n) is 2.99. The van der Waals surface area contributed by atoms with Gasteiger partial charge in [-0.2, -0.15) is 0 Å². The quantitative estimate of drug-likeness (QED) is 0.871. The highest BCUT2D eigenvalue weighted by Crippen LogP contribution is 2.28. The second-order valence-corrected chi connectivity index (χ2v) is 4.96. The lowest BCUT2D eigenvalue weighted by atomic mass is 10.5. The van der Waals surface area contributed by atoms with Crippen molar-refractivity contribution in [2.75, 3.05) is 13.2 Å². The summed E-state index contributed by atoms with van der Waals surface area (Å²) in [4.78, 5) is 17.4. The number of rotatable bonds is 4. The Bertz CT molecular complexity index is 465. The predicted molar refractivity (Wildman–Crippen MR) is 64.8 cm³/mol. The molecule has 1 amide bonds. The van der Waals surface area contributed by atoms with E-state index in [4.69, 9.17) is 5.11 Å². The second kappa shape index (κ2) is 5.20. The van der Waals surface area contributed by atoms with Gasteiger partial charge in [-0.05, 0) is 11.4 Å². The molecule has 2 heterocycles. The van der Waals surface area contributed by atoms with Crippen LogP contribution in [0.25, 0.3) is 9.88 Å². The van der Waals surface area contributed by atoms with E-state index in [1.54, 1.807) is 17.5 Å². The van der Waals surface area contributed by atoms with Crippen LogP contribution >= 0.6 is 22.7 Å². The van der Waals surface area contributed by atoms with Gasteiger partial charge in [0.05, 0.1) is 17.7 Å². The van der Waals surface area contributed by atoms with E-state index in [0.29, 0.717) is 4.88 Å². The molecule has 4 nitrogen and oxygen atoms in total. The summed E-state index contributed by atoms with van der Waals surface area (Å²) in [6.45, 7) is 0.216. The average molecular weight is 254 g/mol. The maximum absolute atomic E-state index is 11.5. The third-order valence-corrected chi connectivity index (χ3v) is 3.89. The van der Waals surface area contributed by atoms with Gasteiger partial charge in [-0.3, -0.25) is 4.79 Å². The molecule has 6 heteroatoms. The Morgan fingerprint density at radius 1 is 1.56 bits per heavy atom. The first kappa shape index (κ1) is 11.3. The summed E-state index contributed by atoms with van der Waals surface area (Å²) in [5.74, 6) is -0.186. The number of amides is 1. The normalized spacial score (nSPS) is 10.3. The molecule has 2 aromatic heterocycles. The number of hydrogen-bond acceptors (Lipinski definition) is 5. The fourth-order valence-electron chi connectivity index (χ4n) is 1.15. The summed E-state index contributed by atoms with van der Waals surface area (Å²) >= 11 is 2.95. The highest BCUT2D eigenvalue weighted by atomic mass is 32.1. The van der Waals surface area contributed by atoms with Crippen LogP contribution in [0.15, 0.2) is 23.7 Å². The van der Waals surface area contributed by atoms with E-state index in [1.165, 1.54) is 11.3 Å². The maximum atomic E-state index is 11.5. The lowest BCUT2D eigenvalue weighted by molar-refractivity contribution is 0.0948. The number of carbonyl (C=O) groups excluding carboxylic acids is 1. The third kappa shape index (κ3) is 2.46. The fraction of sp³-hybridized carbons (Fsp3) is 0.200. The summed E-state index contributed by atoms with van der Waals surface area (Å²) in [6.07, 6.45) is 1.56. The Balaban J connectivity index is 2.11. The molecule has 2 aromatic rings. The van der Waals surface area contributed by atoms with Crippen molar-refractivity contribution in [2.24, 2.45) is 0 Å². The molecule has 0 spiro atoms. The van der Waals surface area contributed by atoms with Crippen LogP contribution in [0.5, 0.6) is 0 Å². The summed E-state index contributed by atoms with van der Waals surface area (Å²) in [6, 6.07) is 3.92. The molecule has 0 saturated carbocycles. The Labute approximate surface area is 101 Å². The molecule has 2 N–H and O–H groups in total. The molecule has 0 bridgehead atoms. The average Bonchev–Trinajstić information content (AvgIpc) is 2.94. The number of nitrogens with zero attached hydrogens (tertiary/aromatic N) is 1. The summed E-state index contributed by atoms with van der Waals surface area (Å²) in [5, 5.41) is 14.0. The van der Waals surface area contributed by atoms with Gasteiger partial charge in [0.15, 0.2) is 0 Å². The molecule has 16 heavy (non-hydrogen) atoms. The Kier molecular flexibility index (Phi) is 3.66. The summed E-state index contributed by atoms with van der Waals surface area (Å²) in [7, 11) is 0. The van der Waals surface area contributed by atoms with Crippen LogP contribution in [0, 0.1) is 0 Å². The minimum Gasteiger partial charge on any atom is -0.395 e. The lowest BCUT2D eigenvalue weighted by Gasteiger charge is -1.98. The Morgan fingerprint density at radius 2 is 2.44 bits per heavy atom. The van der Waals surface area contributed by atoms with Crippen molar-refractivity contribution in [3.63, 3.8) is 0 Å². The molecule has 0 unspecified atom stereocenters. The minimum atomic E-state index is -0.186. The SMILES string of the molecule is O=C(NCCO)c1cnc(-c2cccs2)s1. The van der Waals surface area contributed by atoms with E-state index in [0.717, 1.165) is 9.88 Å². The van der Waals surface area contributed by atoms with Crippen molar-refractivity contribution in [3.8, 4) is 9.88 Å². The van der Waals surface area contributed by atoms with E-state index >= 15 is 0 Å². The van der Waals surface area contributed by atoms with E-state index in [2.05, 4.69) is 10.3 Å². The van der Waals surface area contributed by atoms with Crippen LogP contribution in [-0.2, 0) is 0 Å². The number of aliphatic hydroxyl groups excluding tert-OH is 1. The Hall–Kier alpha value is -1.24. The highest BCUT2D eigenvalue weighted by molar-refractivity contribution is 7.21. The first-order valence-electron chi connectivity index (χ1n) is 4.70. The van der Waals surface area contributed by atoms with Crippen LogP contribution in [0.1, 0.15) is 9.67 Å².